The molecule has 6 heteroatoms. The van der Waals surface area contributed by atoms with Crippen molar-refractivity contribution in [3.63, 3.8) is 0 Å². The molecule has 1 aromatic rings. The highest BCUT2D eigenvalue weighted by Gasteiger charge is 2.32. The molecule has 1 saturated heterocycles. The van der Waals surface area contributed by atoms with Crippen molar-refractivity contribution in [2.24, 2.45) is 5.92 Å². The van der Waals surface area contributed by atoms with Gasteiger partial charge in [-0.2, -0.15) is 0 Å². The van der Waals surface area contributed by atoms with E-state index in [0.29, 0.717) is 23.2 Å². The van der Waals surface area contributed by atoms with Gasteiger partial charge in [-0.15, -0.1) is 0 Å². The molecule has 1 N–H and O–H groups in total. The van der Waals surface area contributed by atoms with E-state index in [2.05, 4.69) is 23.5 Å². The summed E-state index contributed by atoms with van der Waals surface area (Å²) in [5.41, 5.74) is 0.778. The van der Waals surface area contributed by atoms with Crippen molar-refractivity contribution >= 4 is 15.7 Å². The van der Waals surface area contributed by atoms with E-state index < -0.39 is 10.0 Å². The molecule has 128 valence electrons. The average Bonchev–Trinajstić information content (AvgIpc) is 2.64. The molecule has 0 aromatic heterocycles. The molecule has 0 amide bonds. The van der Waals surface area contributed by atoms with Crippen LogP contribution in [0.25, 0.3) is 0 Å². The number of nitrogens with zero attached hydrogens (tertiary/aromatic N) is 1. The van der Waals surface area contributed by atoms with Crippen LogP contribution in [0.2, 0.25) is 0 Å². The number of piperidine rings is 1. The normalized spacial score (nSPS) is 24.0. The predicted octanol–water partition coefficient (Wildman–Crippen LogP) is 2.76. The van der Waals surface area contributed by atoms with E-state index in [9.17, 15) is 8.42 Å². The molecule has 1 fully saturated rings. The van der Waals surface area contributed by atoms with Crippen molar-refractivity contribution in [3.05, 3.63) is 18.2 Å². The Labute approximate surface area is 139 Å². The summed E-state index contributed by atoms with van der Waals surface area (Å²) in [6.45, 7) is 6.37. The standard InChI is InChI=1S/C17H26N2O3S/c1-13(2)11-14-12-22-16-8-6-7-15(17(16)23(20,21)18-14)19-9-4-3-5-10-19/h6-8,13-14,18H,3-5,9-12H2,1-2H3/t14-/m1/s1. The Hall–Kier alpha value is -1.27. The van der Waals surface area contributed by atoms with E-state index in [4.69, 9.17) is 4.74 Å². The van der Waals surface area contributed by atoms with Gasteiger partial charge < -0.3 is 9.64 Å². The third-order valence-electron chi connectivity index (χ3n) is 4.44. The van der Waals surface area contributed by atoms with E-state index in [1.54, 1.807) is 6.07 Å². The first kappa shape index (κ1) is 16.6. The lowest BCUT2D eigenvalue weighted by Gasteiger charge is -2.30. The SMILES string of the molecule is CC(C)C[C@@H]1COc2cccc(N3CCCCC3)c2S(=O)(=O)N1. The molecular weight excluding hydrogens is 312 g/mol. The van der Waals surface area contributed by atoms with Crippen LogP contribution in [0.15, 0.2) is 23.1 Å². The first-order valence-electron chi connectivity index (χ1n) is 8.50. The van der Waals surface area contributed by atoms with Gasteiger partial charge in [0.1, 0.15) is 17.3 Å². The topological polar surface area (TPSA) is 58.6 Å². The van der Waals surface area contributed by atoms with E-state index in [1.807, 2.05) is 12.1 Å². The molecule has 2 aliphatic heterocycles. The van der Waals surface area contributed by atoms with Gasteiger partial charge in [0, 0.05) is 13.1 Å². The van der Waals surface area contributed by atoms with Gasteiger partial charge in [0.15, 0.2) is 0 Å². The summed E-state index contributed by atoms with van der Waals surface area (Å²) in [6.07, 6.45) is 4.19. The third kappa shape index (κ3) is 3.63. The molecular formula is C17H26N2O3S. The summed E-state index contributed by atoms with van der Waals surface area (Å²) in [6, 6.07) is 5.37. The van der Waals surface area contributed by atoms with Crippen LogP contribution in [0, 0.1) is 5.92 Å². The van der Waals surface area contributed by atoms with Gasteiger partial charge in [0.05, 0.1) is 11.7 Å². The lowest BCUT2D eigenvalue weighted by atomic mass is 10.1. The van der Waals surface area contributed by atoms with Gasteiger partial charge in [-0.25, -0.2) is 13.1 Å². The van der Waals surface area contributed by atoms with Gasteiger partial charge in [-0.3, -0.25) is 0 Å². The van der Waals surface area contributed by atoms with Crippen LogP contribution in [0.3, 0.4) is 0 Å². The molecule has 2 heterocycles. The average molecular weight is 338 g/mol. The van der Waals surface area contributed by atoms with Crippen molar-refractivity contribution in [1.29, 1.82) is 0 Å². The fourth-order valence-corrected chi connectivity index (χ4v) is 5.05. The number of nitrogens with one attached hydrogen (secondary N) is 1. The maximum absolute atomic E-state index is 12.9. The first-order valence-corrected chi connectivity index (χ1v) is 9.99. The Balaban J connectivity index is 1.97. The quantitative estimate of drug-likeness (QED) is 0.921. The fourth-order valence-electron chi connectivity index (χ4n) is 3.46. The summed E-state index contributed by atoms with van der Waals surface area (Å²) in [4.78, 5) is 2.49. The minimum atomic E-state index is -3.57. The van der Waals surface area contributed by atoms with E-state index in [1.165, 1.54) is 6.42 Å². The fraction of sp³-hybridized carbons (Fsp3) is 0.647. The third-order valence-corrected chi connectivity index (χ3v) is 6.03. The van der Waals surface area contributed by atoms with Gasteiger partial charge in [0.2, 0.25) is 10.0 Å². The van der Waals surface area contributed by atoms with E-state index in [-0.39, 0.29) is 6.04 Å². The number of rotatable bonds is 3. The maximum atomic E-state index is 12.9. The second kappa shape index (κ2) is 6.69. The van der Waals surface area contributed by atoms with Crippen molar-refractivity contribution < 1.29 is 13.2 Å². The van der Waals surface area contributed by atoms with Crippen molar-refractivity contribution in [3.8, 4) is 5.75 Å². The second-order valence-electron chi connectivity index (χ2n) is 6.91. The lowest BCUT2D eigenvalue weighted by molar-refractivity contribution is 0.262. The molecule has 0 aliphatic carbocycles. The van der Waals surface area contributed by atoms with Crippen molar-refractivity contribution in [2.45, 2.75) is 50.5 Å². The smallest absolute Gasteiger partial charge is 0.246 e. The highest BCUT2D eigenvalue weighted by molar-refractivity contribution is 7.89. The molecule has 5 nitrogen and oxygen atoms in total. The molecule has 0 spiro atoms. The molecule has 2 aliphatic rings. The molecule has 3 rings (SSSR count). The van der Waals surface area contributed by atoms with Gasteiger partial charge in [-0.05, 0) is 43.7 Å². The lowest BCUT2D eigenvalue weighted by Crippen LogP contribution is -2.38. The van der Waals surface area contributed by atoms with Crippen LogP contribution in [0.4, 0.5) is 5.69 Å². The van der Waals surface area contributed by atoms with Gasteiger partial charge in [-0.1, -0.05) is 19.9 Å². The number of fused-ring (bicyclic) bond motifs is 1. The molecule has 23 heavy (non-hydrogen) atoms. The largest absolute Gasteiger partial charge is 0.490 e. The second-order valence-corrected chi connectivity index (χ2v) is 8.56. The molecule has 0 unspecified atom stereocenters. The van der Waals surface area contributed by atoms with Crippen molar-refractivity contribution in [1.82, 2.24) is 4.72 Å². The van der Waals surface area contributed by atoms with Crippen LogP contribution in [-0.2, 0) is 10.0 Å². The first-order chi connectivity index (χ1) is 11.0. The number of hydrogen-bond donors (Lipinski definition) is 1. The van der Waals surface area contributed by atoms with Crippen LogP contribution in [0.5, 0.6) is 5.75 Å². The Morgan fingerprint density at radius 1 is 1.26 bits per heavy atom. The summed E-state index contributed by atoms with van der Waals surface area (Å²) in [5, 5.41) is 0. The van der Waals surface area contributed by atoms with Crippen LogP contribution in [-0.4, -0.2) is 34.2 Å². The minimum Gasteiger partial charge on any atom is -0.490 e. The minimum absolute atomic E-state index is 0.179. The number of hydrogen-bond acceptors (Lipinski definition) is 4. The van der Waals surface area contributed by atoms with Crippen LogP contribution >= 0.6 is 0 Å². The molecule has 1 atom stereocenters. The zero-order chi connectivity index (χ0) is 16.4. The van der Waals surface area contributed by atoms with Gasteiger partial charge in [0.25, 0.3) is 0 Å². The zero-order valence-corrected chi connectivity index (χ0v) is 14.7. The molecule has 0 saturated carbocycles. The highest BCUT2D eigenvalue weighted by Crippen LogP contribution is 2.37. The number of ether oxygens (including phenoxy) is 1. The molecule has 1 aromatic carbocycles. The summed E-state index contributed by atoms with van der Waals surface area (Å²) < 4.78 is 34.6. The summed E-state index contributed by atoms with van der Waals surface area (Å²) in [5.74, 6) is 0.890. The van der Waals surface area contributed by atoms with Crippen LogP contribution < -0.4 is 14.4 Å². The summed E-state index contributed by atoms with van der Waals surface area (Å²) >= 11 is 0. The predicted molar refractivity (Wildman–Crippen MR) is 91.6 cm³/mol. The summed E-state index contributed by atoms with van der Waals surface area (Å²) in [7, 11) is -3.57. The van der Waals surface area contributed by atoms with Crippen LogP contribution in [0.1, 0.15) is 39.5 Å². The van der Waals surface area contributed by atoms with Gasteiger partial charge >= 0.3 is 0 Å². The molecule has 0 radical (unpaired) electrons. The monoisotopic (exact) mass is 338 g/mol. The Morgan fingerprint density at radius 2 is 2.00 bits per heavy atom. The zero-order valence-electron chi connectivity index (χ0n) is 13.9. The Kier molecular flexibility index (Phi) is 4.82. The van der Waals surface area contributed by atoms with Crippen molar-refractivity contribution in [2.75, 3.05) is 24.6 Å². The Morgan fingerprint density at radius 3 is 2.70 bits per heavy atom. The number of benzene rings is 1. The maximum Gasteiger partial charge on any atom is 0.246 e. The number of sulfonamides is 1. The number of anilines is 1. The molecule has 0 bridgehead atoms. The van der Waals surface area contributed by atoms with E-state index in [0.717, 1.165) is 38.0 Å². The highest BCUT2D eigenvalue weighted by atomic mass is 32.2. The van der Waals surface area contributed by atoms with E-state index >= 15 is 0 Å². The Bertz CT molecular complexity index is 652.